The van der Waals surface area contributed by atoms with Crippen molar-refractivity contribution in [1.29, 1.82) is 0 Å². The topological polar surface area (TPSA) is 50.8 Å². The molecule has 0 bridgehead atoms. The van der Waals surface area contributed by atoms with E-state index < -0.39 is 5.82 Å². The van der Waals surface area contributed by atoms with Gasteiger partial charge in [-0.05, 0) is 51.1 Å². The van der Waals surface area contributed by atoms with Crippen molar-refractivity contribution < 1.29 is 18.7 Å². The fourth-order valence-corrected chi connectivity index (χ4v) is 3.55. The molecule has 0 spiro atoms. The van der Waals surface area contributed by atoms with Gasteiger partial charge in [0, 0.05) is 10.4 Å². The minimum Gasteiger partial charge on any atom is -0.350 e. The molecule has 7 heteroatoms. The van der Waals surface area contributed by atoms with Crippen LogP contribution in [0.3, 0.4) is 0 Å². The van der Waals surface area contributed by atoms with E-state index in [1.807, 2.05) is 6.92 Å². The molecule has 0 aliphatic carbocycles. The summed E-state index contributed by atoms with van der Waals surface area (Å²) in [6.45, 7) is 4.82. The Balaban J connectivity index is 1.52. The van der Waals surface area contributed by atoms with E-state index in [9.17, 15) is 9.18 Å². The van der Waals surface area contributed by atoms with Gasteiger partial charge in [-0.2, -0.15) is 0 Å². The molecule has 1 unspecified atom stereocenters. The maximum atomic E-state index is 13.9. The van der Waals surface area contributed by atoms with E-state index in [-0.39, 0.29) is 23.9 Å². The standard InChI is InChI=1S/C17H22BrFN2O3/c1-11(16(22)20-15-3-2-13(18)10-14(15)19)21-6-4-12(5-7-21)17-23-8-9-24-17/h2-3,10-12,17H,4-9H2,1H3,(H,20,22). The second kappa shape index (κ2) is 7.91. The third-order valence-corrected chi connectivity index (χ3v) is 5.22. The molecular weight excluding hydrogens is 379 g/mol. The number of benzene rings is 1. The molecule has 0 saturated carbocycles. The third kappa shape index (κ3) is 4.14. The lowest BCUT2D eigenvalue weighted by atomic mass is 9.95. The average Bonchev–Trinajstić information content (AvgIpc) is 3.11. The van der Waals surface area contributed by atoms with E-state index in [2.05, 4.69) is 26.1 Å². The number of ether oxygens (including phenoxy) is 2. The Labute approximate surface area is 149 Å². The highest BCUT2D eigenvalue weighted by Crippen LogP contribution is 2.27. The lowest BCUT2D eigenvalue weighted by Crippen LogP contribution is -2.47. The van der Waals surface area contributed by atoms with Crippen LogP contribution in [-0.4, -0.2) is 49.4 Å². The van der Waals surface area contributed by atoms with Gasteiger partial charge >= 0.3 is 0 Å². The fraction of sp³-hybridized carbons (Fsp3) is 0.588. The number of hydrogen-bond donors (Lipinski definition) is 1. The molecule has 5 nitrogen and oxygen atoms in total. The van der Waals surface area contributed by atoms with Crippen LogP contribution < -0.4 is 5.32 Å². The minimum absolute atomic E-state index is 0.0897. The number of piperidine rings is 1. The van der Waals surface area contributed by atoms with Gasteiger partial charge < -0.3 is 14.8 Å². The van der Waals surface area contributed by atoms with E-state index in [1.165, 1.54) is 6.07 Å². The summed E-state index contributed by atoms with van der Waals surface area (Å²) >= 11 is 3.21. The minimum atomic E-state index is -0.445. The van der Waals surface area contributed by atoms with Crippen molar-refractivity contribution in [2.75, 3.05) is 31.6 Å². The maximum absolute atomic E-state index is 13.9. The molecule has 24 heavy (non-hydrogen) atoms. The predicted octanol–water partition coefficient (Wildman–Crippen LogP) is 3.00. The van der Waals surface area contributed by atoms with E-state index in [1.54, 1.807) is 12.1 Å². The fourth-order valence-electron chi connectivity index (χ4n) is 3.22. The number of halogens is 2. The highest BCUT2D eigenvalue weighted by Gasteiger charge is 2.33. The monoisotopic (exact) mass is 400 g/mol. The molecule has 2 fully saturated rings. The molecule has 1 atom stereocenters. The molecule has 2 saturated heterocycles. The molecular formula is C17H22BrFN2O3. The highest BCUT2D eigenvalue weighted by atomic mass is 79.9. The first kappa shape index (κ1) is 17.8. The van der Waals surface area contributed by atoms with Crippen LogP contribution in [0.15, 0.2) is 22.7 Å². The molecule has 132 valence electrons. The largest absolute Gasteiger partial charge is 0.350 e. The van der Waals surface area contributed by atoms with Crippen molar-refractivity contribution in [1.82, 2.24) is 4.90 Å². The molecule has 2 aliphatic heterocycles. The summed E-state index contributed by atoms with van der Waals surface area (Å²) in [6, 6.07) is 4.30. The van der Waals surface area contributed by atoms with Gasteiger partial charge in [-0.1, -0.05) is 15.9 Å². The number of anilines is 1. The van der Waals surface area contributed by atoms with Crippen LogP contribution in [0.5, 0.6) is 0 Å². The van der Waals surface area contributed by atoms with Crippen molar-refractivity contribution in [3.05, 3.63) is 28.5 Å². The van der Waals surface area contributed by atoms with Gasteiger partial charge in [0.15, 0.2) is 6.29 Å². The second-order valence-electron chi connectivity index (χ2n) is 6.27. The van der Waals surface area contributed by atoms with Gasteiger partial charge in [-0.25, -0.2) is 4.39 Å². The van der Waals surface area contributed by atoms with Crippen molar-refractivity contribution in [3.8, 4) is 0 Å². The van der Waals surface area contributed by atoms with E-state index >= 15 is 0 Å². The van der Waals surface area contributed by atoms with Crippen LogP contribution in [-0.2, 0) is 14.3 Å². The number of hydrogen-bond acceptors (Lipinski definition) is 4. The first-order chi connectivity index (χ1) is 11.5. The Morgan fingerprint density at radius 1 is 1.33 bits per heavy atom. The number of nitrogens with zero attached hydrogens (tertiary/aromatic N) is 1. The summed E-state index contributed by atoms with van der Waals surface area (Å²) in [6.07, 6.45) is 1.79. The molecule has 0 aromatic heterocycles. The van der Waals surface area contributed by atoms with Crippen LogP contribution in [0.4, 0.5) is 10.1 Å². The molecule has 1 N–H and O–H groups in total. The van der Waals surface area contributed by atoms with E-state index in [0.29, 0.717) is 23.6 Å². The summed E-state index contributed by atoms with van der Waals surface area (Å²) in [5, 5.41) is 2.67. The summed E-state index contributed by atoms with van der Waals surface area (Å²) in [7, 11) is 0. The molecule has 1 aromatic carbocycles. The van der Waals surface area contributed by atoms with Crippen molar-refractivity contribution in [3.63, 3.8) is 0 Å². The Bertz CT molecular complexity index is 587. The Hall–Kier alpha value is -1.02. The molecule has 2 heterocycles. The van der Waals surface area contributed by atoms with Crippen LogP contribution in [0.2, 0.25) is 0 Å². The van der Waals surface area contributed by atoms with Crippen LogP contribution >= 0.6 is 15.9 Å². The number of rotatable bonds is 4. The van der Waals surface area contributed by atoms with Crippen molar-refractivity contribution >= 4 is 27.5 Å². The van der Waals surface area contributed by atoms with Crippen LogP contribution in [0.1, 0.15) is 19.8 Å². The van der Waals surface area contributed by atoms with E-state index in [4.69, 9.17) is 9.47 Å². The number of carbonyl (C=O) groups is 1. The summed E-state index contributed by atoms with van der Waals surface area (Å²) < 4.78 is 25.6. The average molecular weight is 401 g/mol. The first-order valence-electron chi connectivity index (χ1n) is 8.28. The molecule has 0 radical (unpaired) electrons. The predicted molar refractivity (Wildman–Crippen MR) is 92.2 cm³/mol. The lowest BCUT2D eigenvalue weighted by Gasteiger charge is -2.36. The van der Waals surface area contributed by atoms with Crippen molar-refractivity contribution in [2.24, 2.45) is 5.92 Å². The molecule has 1 amide bonds. The third-order valence-electron chi connectivity index (χ3n) is 4.72. The van der Waals surface area contributed by atoms with Gasteiger partial charge in [0.05, 0.1) is 24.9 Å². The number of nitrogens with one attached hydrogen (secondary N) is 1. The zero-order chi connectivity index (χ0) is 17.1. The normalized spacial score (nSPS) is 21.8. The van der Waals surface area contributed by atoms with Gasteiger partial charge in [-0.3, -0.25) is 9.69 Å². The zero-order valence-corrected chi connectivity index (χ0v) is 15.2. The SMILES string of the molecule is CC(C(=O)Nc1ccc(Br)cc1F)N1CCC(C2OCCO2)CC1. The van der Waals surface area contributed by atoms with Gasteiger partial charge in [0.2, 0.25) is 5.91 Å². The van der Waals surface area contributed by atoms with Gasteiger partial charge in [0.25, 0.3) is 0 Å². The van der Waals surface area contributed by atoms with Gasteiger partial charge in [0.1, 0.15) is 5.82 Å². The molecule has 1 aromatic rings. The summed E-state index contributed by atoms with van der Waals surface area (Å²) in [5.74, 6) is -0.245. The van der Waals surface area contributed by atoms with Crippen molar-refractivity contribution in [2.45, 2.75) is 32.1 Å². The summed E-state index contributed by atoms with van der Waals surface area (Å²) in [5.41, 5.74) is 0.206. The number of amides is 1. The lowest BCUT2D eigenvalue weighted by molar-refractivity contribution is -0.123. The van der Waals surface area contributed by atoms with E-state index in [0.717, 1.165) is 25.9 Å². The zero-order valence-electron chi connectivity index (χ0n) is 13.6. The van der Waals surface area contributed by atoms with Gasteiger partial charge in [-0.15, -0.1) is 0 Å². The summed E-state index contributed by atoms with van der Waals surface area (Å²) in [4.78, 5) is 14.5. The molecule has 2 aliphatic rings. The number of carbonyl (C=O) groups excluding carboxylic acids is 1. The molecule has 3 rings (SSSR count). The second-order valence-corrected chi connectivity index (χ2v) is 7.19. The Morgan fingerprint density at radius 2 is 2.00 bits per heavy atom. The number of likely N-dealkylation sites (tertiary alicyclic amines) is 1. The maximum Gasteiger partial charge on any atom is 0.241 e. The quantitative estimate of drug-likeness (QED) is 0.843. The highest BCUT2D eigenvalue weighted by molar-refractivity contribution is 9.10. The van der Waals surface area contributed by atoms with Crippen LogP contribution in [0, 0.1) is 11.7 Å². The first-order valence-corrected chi connectivity index (χ1v) is 9.07. The smallest absolute Gasteiger partial charge is 0.241 e. The van der Waals surface area contributed by atoms with Crippen LogP contribution in [0.25, 0.3) is 0 Å². The Kier molecular flexibility index (Phi) is 5.86. The Morgan fingerprint density at radius 3 is 2.62 bits per heavy atom.